The zero-order valence-corrected chi connectivity index (χ0v) is 26.3. The minimum absolute atomic E-state index is 0.000791. The Labute approximate surface area is 255 Å². The molecule has 1 saturated heterocycles. The number of amides is 4. The van der Waals surface area contributed by atoms with Crippen LogP contribution >= 0.6 is 0 Å². The molecule has 4 rings (SSSR count). The number of rotatable bonds is 15. The highest BCUT2D eigenvalue weighted by Gasteiger charge is 2.46. The molecule has 4 atom stereocenters. The van der Waals surface area contributed by atoms with Gasteiger partial charge in [0.25, 0.3) is 5.91 Å². The molecule has 0 aromatic rings. The zero-order valence-electron chi connectivity index (χ0n) is 26.3. The van der Waals surface area contributed by atoms with E-state index >= 15 is 0 Å². The maximum Gasteiger partial charge on any atom is 0.289 e. The predicted octanol–water partition coefficient (Wildman–Crippen LogP) is 1.63. The fourth-order valence-corrected chi connectivity index (χ4v) is 6.53. The van der Waals surface area contributed by atoms with Gasteiger partial charge in [0.1, 0.15) is 17.9 Å². The number of hydrogen-bond acceptors (Lipinski definition) is 7. The number of nitrogens with one attached hydrogen (secondary N) is 4. The summed E-state index contributed by atoms with van der Waals surface area (Å²) in [6, 6.07) is -1.74. The Kier molecular flexibility index (Phi) is 10.7. The highest BCUT2D eigenvalue weighted by molar-refractivity contribution is 6.38. The van der Waals surface area contributed by atoms with Crippen molar-refractivity contribution < 1.29 is 28.8 Å². The van der Waals surface area contributed by atoms with Crippen LogP contribution in [-0.4, -0.2) is 84.4 Å². The second kappa shape index (κ2) is 13.9. The minimum atomic E-state index is -1.30. The molecule has 1 heterocycles. The summed E-state index contributed by atoms with van der Waals surface area (Å²) in [5, 5.41) is 11.7. The van der Waals surface area contributed by atoms with E-state index in [1.165, 1.54) is 4.90 Å². The predicted molar refractivity (Wildman–Crippen MR) is 161 cm³/mol. The van der Waals surface area contributed by atoms with E-state index in [-0.39, 0.29) is 48.6 Å². The third-order valence-corrected chi connectivity index (χ3v) is 9.98. The lowest BCUT2D eigenvalue weighted by molar-refractivity contribution is -0.147. The van der Waals surface area contributed by atoms with Crippen LogP contribution in [0.1, 0.15) is 97.8 Å². The SMILES string of the molecule is CN(C(=O)[C@H](NC(=O)C(C)(C)C)C1CCCC1)[C@@](C=O)(CN[C@@H](C[C@@H]1CCNC1=O)C(=O)C(=O)NC1CC1)CC1CCC1. The summed E-state index contributed by atoms with van der Waals surface area (Å²) in [5.41, 5.74) is -1.99. The molecule has 4 fully saturated rings. The van der Waals surface area contributed by atoms with E-state index in [4.69, 9.17) is 0 Å². The molecule has 11 heteroatoms. The average Bonchev–Trinajstić information content (AvgIpc) is 3.41. The van der Waals surface area contributed by atoms with Gasteiger partial charge >= 0.3 is 0 Å². The van der Waals surface area contributed by atoms with Gasteiger partial charge < -0.3 is 31.0 Å². The quantitative estimate of drug-likeness (QED) is 0.164. The highest BCUT2D eigenvalue weighted by atomic mass is 16.2. The Balaban J connectivity index is 1.58. The third-order valence-electron chi connectivity index (χ3n) is 9.98. The first-order chi connectivity index (χ1) is 20.3. The molecule has 1 aliphatic heterocycles. The van der Waals surface area contributed by atoms with Gasteiger partial charge in [0.2, 0.25) is 23.5 Å². The Morgan fingerprint density at radius 3 is 2.19 bits per heavy atom. The molecule has 0 radical (unpaired) electrons. The van der Waals surface area contributed by atoms with Gasteiger partial charge in [-0.05, 0) is 56.8 Å². The van der Waals surface area contributed by atoms with Crippen molar-refractivity contribution in [3.63, 3.8) is 0 Å². The van der Waals surface area contributed by atoms with E-state index in [2.05, 4.69) is 21.3 Å². The largest absolute Gasteiger partial charge is 0.356 e. The molecule has 11 nitrogen and oxygen atoms in total. The Hall–Kier alpha value is -2.82. The van der Waals surface area contributed by atoms with Crippen molar-refractivity contribution in [1.82, 2.24) is 26.2 Å². The first-order valence-corrected chi connectivity index (χ1v) is 16.3. The van der Waals surface area contributed by atoms with E-state index in [0.29, 0.717) is 19.4 Å². The van der Waals surface area contributed by atoms with Crippen molar-refractivity contribution in [3.05, 3.63) is 0 Å². The molecule has 4 N–H and O–H groups in total. The molecule has 0 spiro atoms. The Morgan fingerprint density at radius 1 is 1.00 bits per heavy atom. The molecular formula is C32H51N5O6. The molecule has 0 aromatic heterocycles. The smallest absolute Gasteiger partial charge is 0.289 e. The van der Waals surface area contributed by atoms with E-state index < -0.39 is 40.6 Å². The van der Waals surface area contributed by atoms with Crippen LogP contribution in [0.2, 0.25) is 0 Å². The number of hydrogen-bond donors (Lipinski definition) is 4. The maximum atomic E-state index is 14.3. The van der Waals surface area contributed by atoms with Gasteiger partial charge in [-0.2, -0.15) is 0 Å². The molecule has 3 saturated carbocycles. The van der Waals surface area contributed by atoms with Gasteiger partial charge in [0, 0.05) is 37.5 Å². The van der Waals surface area contributed by atoms with Crippen LogP contribution in [0, 0.1) is 23.2 Å². The van der Waals surface area contributed by atoms with Gasteiger partial charge in [-0.25, -0.2) is 0 Å². The Morgan fingerprint density at radius 2 is 1.67 bits per heavy atom. The molecule has 4 amide bonds. The number of aldehydes is 1. The molecule has 3 aliphatic carbocycles. The third kappa shape index (κ3) is 8.22. The summed E-state index contributed by atoms with van der Waals surface area (Å²) in [4.78, 5) is 80.5. The first kappa shape index (κ1) is 33.1. The normalized spacial score (nSPS) is 23.8. The van der Waals surface area contributed by atoms with Gasteiger partial charge in [-0.1, -0.05) is 52.9 Å². The average molecular weight is 602 g/mol. The van der Waals surface area contributed by atoms with Gasteiger partial charge in [0.05, 0.1) is 6.04 Å². The lowest BCUT2D eigenvalue weighted by Crippen LogP contribution is -2.64. The number of carbonyl (C=O) groups excluding carboxylic acids is 6. The van der Waals surface area contributed by atoms with Gasteiger partial charge in [0.15, 0.2) is 0 Å². The van der Waals surface area contributed by atoms with Crippen LogP contribution in [0.4, 0.5) is 0 Å². The molecule has 4 aliphatic rings. The number of Topliss-reactive ketones (excluding diaryl/α,β-unsaturated/α-hetero) is 1. The second-order valence-corrected chi connectivity index (χ2v) is 14.4. The summed E-state index contributed by atoms with van der Waals surface area (Å²) in [5.74, 6) is -2.25. The highest BCUT2D eigenvalue weighted by Crippen LogP contribution is 2.37. The topological polar surface area (TPSA) is 154 Å². The van der Waals surface area contributed by atoms with Crippen LogP contribution in [-0.2, 0) is 28.8 Å². The number of likely N-dealkylation sites (N-methyl/N-ethyl adjacent to an activating group) is 1. The fraction of sp³-hybridized carbons (Fsp3) is 0.812. The fourth-order valence-electron chi connectivity index (χ4n) is 6.53. The zero-order chi connectivity index (χ0) is 31.4. The lowest BCUT2D eigenvalue weighted by Gasteiger charge is -2.44. The summed E-state index contributed by atoms with van der Waals surface area (Å²) in [7, 11) is 1.61. The van der Waals surface area contributed by atoms with Crippen molar-refractivity contribution in [2.24, 2.45) is 23.2 Å². The lowest BCUT2D eigenvalue weighted by atomic mass is 9.75. The summed E-state index contributed by atoms with van der Waals surface area (Å²) in [6.45, 7) is 5.89. The van der Waals surface area contributed by atoms with Crippen LogP contribution in [0.15, 0.2) is 0 Å². The second-order valence-electron chi connectivity index (χ2n) is 14.4. The van der Waals surface area contributed by atoms with Crippen molar-refractivity contribution in [2.45, 2.75) is 121 Å². The Bertz CT molecular complexity index is 1070. The molecule has 0 bridgehead atoms. The van der Waals surface area contributed by atoms with Crippen molar-refractivity contribution in [1.29, 1.82) is 0 Å². The van der Waals surface area contributed by atoms with Crippen molar-refractivity contribution in [3.8, 4) is 0 Å². The molecular weight excluding hydrogens is 550 g/mol. The molecule has 0 unspecified atom stereocenters. The van der Waals surface area contributed by atoms with Gasteiger partial charge in [-0.15, -0.1) is 0 Å². The van der Waals surface area contributed by atoms with Crippen LogP contribution in [0.25, 0.3) is 0 Å². The van der Waals surface area contributed by atoms with Crippen LogP contribution in [0.5, 0.6) is 0 Å². The number of carbonyl (C=O) groups is 6. The van der Waals surface area contributed by atoms with E-state index in [0.717, 1.165) is 64.1 Å². The number of ketones is 1. The number of nitrogens with zero attached hydrogens (tertiary/aromatic N) is 1. The minimum Gasteiger partial charge on any atom is -0.356 e. The molecule has 43 heavy (non-hydrogen) atoms. The van der Waals surface area contributed by atoms with E-state index in [1.807, 2.05) is 0 Å². The first-order valence-electron chi connectivity index (χ1n) is 16.3. The van der Waals surface area contributed by atoms with E-state index in [1.54, 1.807) is 27.8 Å². The van der Waals surface area contributed by atoms with Crippen molar-refractivity contribution in [2.75, 3.05) is 20.1 Å². The molecule has 240 valence electrons. The summed E-state index contributed by atoms with van der Waals surface area (Å²) in [6.07, 6.45) is 10.1. The van der Waals surface area contributed by atoms with E-state index in [9.17, 15) is 28.8 Å². The summed E-state index contributed by atoms with van der Waals surface area (Å²) >= 11 is 0. The monoisotopic (exact) mass is 601 g/mol. The van der Waals surface area contributed by atoms with Gasteiger partial charge in [-0.3, -0.25) is 24.0 Å². The van der Waals surface area contributed by atoms with Crippen LogP contribution < -0.4 is 21.3 Å². The van der Waals surface area contributed by atoms with Crippen LogP contribution in [0.3, 0.4) is 0 Å². The maximum absolute atomic E-state index is 14.3. The summed E-state index contributed by atoms with van der Waals surface area (Å²) < 4.78 is 0. The van der Waals surface area contributed by atoms with Crippen molar-refractivity contribution >= 4 is 35.7 Å². The molecule has 0 aromatic carbocycles. The standard InChI is InChI=1S/C32H51N5O6/c1-31(2,3)30(43)36-25(21-10-5-6-11-21)29(42)37(4)32(19-38,17-20-8-7-9-20)18-34-24(16-22-14-15-33-27(22)40)26(39)28(41)35-23-12-13-23/h19-25,34H,5-18H2,1-4H3,(H,33,40)(H,35,41)(H,36,43)/t22-,24-,25+,32+/m0/s1.